The van der Waals surface area contributed by atoms with Crippen molar-refractivity contribution in [2.75, 3.05) is 0 Å². The van der Waals surface area contributed by atoms with Gasteiger partial charge in [0.25, 0.3) is 0 Å². The van der Waals surface area contributed by atoms with E-state index in [-0.39, 0.29) is 12.1 Å². The highest BCUT2D eigenvalue weighted by Gasteiger charge is 2.12. The van der Waals surface area contributed by atoms with E-state index >= 15 is 0 Å². The third-order valence-electron chi connectivity index (χ3n) is 2.43. The number of halogens is 3. The van der Waals surface area contributed by atoms with Crippen molar-refractivity contribution >= 4 is 29.2 Å². The van der Waals surface area contributed by atoms with Crippen molar-refractivity contribution in [2.45, 2.75) is 6.42 Å². The van der Waals surface area contributed by atoms with Crippen LogP contribution in [0.25, 0.3) is 11.1 Å². The molecule has 0 amide bonds. The van der Waals surface area contributed by atoms with Crippen LogP contribution in [-0.4, -0.2) is 16.1 Å². The summed E-state index contributed by atoms with van der Waals surface area (Å²) in [5, 5.41) is 9.60. The second-order valence-corrected chi connectivity index (χ2v) is 4.75. The quantitative estimate of drug-likeness (QED) is 0.937. The number of aliphatic carboxylic acids is 1. The molecule has 0 atom stereocenters. The molecule has 19 heavy (non-hydrogen) atoms. The SMILES string of the molecule is O=C(O)Cc1ncc(F)cc1-c1cc(Cl)cc(Cl)c1. The monoisotopic (exact) mass is 299 g/mol. The Kier molecular flexibility index (Phi) is 4.02. The number of carboxylic acid groups (broad SMARTS) is 1. The smallest absolute Gasteiger partial charge is 0.309 e. The molecule has 0 unspecified atom stereocenters. The normalized spacial score (nSPS) is 10.5. The Hall–Kier alpha value is -1.65. The van der Waals surface area contributed by atoms with Crippen LogP contribution in [0, 0.1) is 5.82 Å². The minimum absolute atomic E-state index is 0.257. The maximum absolute atomic E-state index is 13.3. The van der Waals surface area contributed by atoms with Gasteiger partial charge < -0.3 is 5.11 Å². The van der Waals surface area contributed by atoms with Gasteiger partial charge in [-0.05, 0) is 29.8 Å². The predicted molar refractivity (Wildman–Crippen MR) is 71.0 cm³/mol. The first-order chi connectivity index (χ1) is 8.95. The van der Waals surface area contributed by atoms with Crippen LogP contribution in [0.1, 0.15) is 5.69 Å². The molecule has 2 aromatic rings. The van der Waals surface area contributed by atoms with Crippen LogP contribution in [0.5, 0.6) is 0 Å². The van der Waals surface area contributed by atoms with Crippen LogP contribution in [0.2, 0.25) is 10.0 Å². The molecule has 0 aliphatic heterocycles. The molecule has 0 fully saturated rings. The van der Waals surface area contributed by atoms with Crippen LogP contribution in [0.15, 0.2) is 30.5 Å². The number of nitrogens with zero attached hydrogens (tertiary/aromatic N) is 1. The summed E-state index contributed by atoms with van der Waals surface area (Å²) < 4.78 is 13.3. The number of aromatic nitrogens is 1. The molecule has 1 aromatic heterocycles. The fourth-order valence-electron chi connectivity index (χ4n) is 1.71. The van der Waals surface area contributed by atoms with E-state index in [2.05, 4.69) is 4.98 Å². The van der Waals surface area contributed by atoms with Gasteiger partial charge in [-0.1, -0.05) is 23.2 Å². The summed E-state index contributed by atoms with van der Waals surface area (Å²) in [7, 11) is 0. The largest absolute Gasteiger partial charge is 0.481 e. The standard InChI is InChI=1S/C13H8Cl2FNO2/c14-8-1-7(2-9(15)3-8)11-4-10(16)6-17-12(11)5-13(18)19/h1-4,6H,5H2,(H,18,19). The fraction of sp³-hybridized carbons (Fsp3) is 0.0769. The van der Waals surface area contributed by atoms with Gasteiger partial charge in [0, 0.05) is 15.6 Å². The van der Waals surface area contributed by atoms with Gasteiger partial charge >= 0.3 is 5.97 Å². The van der Waals surface area contributed by atoms with E-state index in [0.717, 1.165) is 6.20 Å². The summed E-state index contributed by atoms with van der Waals surface area (Å²) in [6.07, 6.45) is 0.674. The van der Waals surface area contributed by atoms with E-state index in [1.54, 1.807) is 12.1 Å². The van der Waals surface area contributed by atoms with E-state index in [1.165, 1.54) is 12.1 Å². The summed E-state index contributed by atoms with van der Waals surface area (Å²) in [5.41, 5.74) is 1.15. The molecular weight excluding hydrogens is 292 g/mol. The predicted octanol–water partition coefficient (Wildman–Crippen LogP) is 3.82. The molecule has 0 spiro atoms. The molecule has 0 aliphatic carbocycles. The first-order valence-corrected chi connectivity index (χ1v) is 6.04. The van der Waals surface area contributed by atoms with Crippen LogP contribution in [0.3, 0.4) is 0 Å². The summed E-state index contributed by atoms with van der Waals surface area (Å²) in [5.74, 6) is -1.60. The average molecular weight is 300 g/mol. The number of hydrogen-bond acceptors (Lipinski definition) is 2. The van der Waals surface area contributed by atoms with E-state index in [0.29, 0.717) is 21.2 Å². The molecule has 1 heterocycles. The maximum atomic E-state index is 13.3. The Balaban J connectivity index is 2.58. The molecule has 0 radical (unpaired) electrons. The van der Waals surface area contributed by atoms with Crippen molar-refractivity contribution in [1.29, 1.82) is 0 Å². The Morgan fingerprint density at radius 2 is 1.84 bits per heavy atom. The van der Waals surface area contributed by atoms with Crippen molar-refractivity contribution < 1.29 is 14.3 Å². The third kappa shape index (κ3) is 3.43. The molecule has 0 saturated carbocycles. The average Bonchev–Trinajstić information content (AvgIpc) is 2.29. The van der Waals surface area contributed by atoms with E-state index in [4.69, 9.17) is 28.3 Å². The van der Waals surface area contributed by atoms with Crippen molar-refractivity contribution in [2.24, 2.45) is 0 Å². The molecular formula is C13H8Cl2FNO2. The summed E-state index contributed by atoms with van der Waals surface area (Å²) in [6, 6.07) is 5.91. The zero-order valence-electron chi connectivity index (χ0n) is 9.53. The van der Waals surface area contributed by atoms with Gasteiger partial charge in [0.2, 0.25) is 0 Å². The molecule has 0 aliphatic rings. The number of rotatable bonds is 3. The van der Waals surface area contributed by atoms with Crippen LogP contribution < -0.4 is 0 Å². The lowest BCUT2D eigenvalue weighted by atomic mass is 10.0. The molecule has 0 bridgehead atoms. The van der Waals surface area contributed by atoms with Crippen molar-refractivity contribution in [3.63, 3.8) is 0 Å². The van der Waals surface area contributed by atoms with Gasteiger partial charge in [-0.3, -0.25) is 9.78 Å². The summed E-state index contributed by atoms with van der Waals surface area (Å²) in [6.45, 7) is 0. The Bertz CT molecular complexity index is 626. The van der Waals surface area contributed by atoms with Crippen LogP contribution in [-0.2, 0) is 11.2 Å². The first-order valence-electron chi connectivity index (χ1n) is 5.28. The van der Waals surface area contributed by atoms with Gasteiger partial charge in [0.1, 0.15) is 5.82 Å². The minimum atomic E-state index is -1.05. The first kappa shape index (κ1) is 13.8. The maximum Gasteiger partial charge on any atom is 0.309 e. The molecule has 6 heteroatoms. The number of hydrogen-bond donors (Lipinski definition) is 1. The number of benzene rings is 1. The number of carboxylic acids is 1. The molecule has 3 nitrogen and oxygen atoms in total. The zero-order valence-corrected chi connectivity index (χ0v) is 11.0. The van der Waals surface area contributed by atoms with E-state index in [9.17, 15) is 9.18 Å². The lowest BCUT2D eigenvalue weighted by Gasteiger charge is -2.08. The number of pyridine rings is 1. The van der Waals surface area contributed by atoms with Gasteiger partial charge in [-0.25, -0.2) is 4.39 Å². The van der Waals surface area contributed by atoms with Crippen molar-refractivity contribution in [1.82, 2.24) is 4.98 Å². The highest BCUT2D eigenvalue weighted by atomic mass is 35.5. The van der Waals surface area contributed by atoms with Crippen LogP contribution >= 0.6 is 23.2 Å². The van der Waals surface area contributed by atoms with Crippen molar-refractivity contribution in [3.05, 3.63) is 52.0 Å². The summed E-state index contributed by atoms with van der Waals surface area (Å²) >= 11 is 11.8. The van der Waals surface area contributed by atoms with E-state index in [1.807, 2.05) is 0 Å². The summed E-state index contributed by atoms with van der Waals surface area (Å²) in [4.78, 5) is 14.6. The highest BCUT2D eigenvalue weighted by Crippen LogP contribution is 2.29. The van der Waals surface area contributed by atoms with Crippen LogP contribution in [0.4, 0.5) is 4.39 Å². The molecule has 0 saturated heterocycles. The Morgan fingerprint density at radius 1 is 1.21 bits per heavy atom. The molecule has 98 valence electrons. The third-order valence-corrected chi connectivity index (χ3v) is 2.87. The fourth-order valence-corrected chi connectivity index (χ4v) is 2.24. The van der Waals surface area contributed by atoms with Gasteiger partial charge in [-0.2, -0.15) is 0 Å². The highest BCUT2D eigenvalue weighted by molar-refractivity contribution is 6.35. The van der Waals surface area contributed by atoms with Gasteiger partial charge in [-0.15, -0.1) is 0 Å². The molecule has 1 aromatic carbocycles. The van der Waals surface area contributed by atoms with E-state index < -0.39 is 11.8 Å². The lowest BCUT2D eigenvalue weighted by Crippen LogP contribution is -2.04. The van der Waals surface area contributed by atoms with Gasteiger partial charge in [0.15, 0.2) is 0 Å². The Labute approximate surface area is 118 Å². The molecule has 1 N–H and O–H groups in total. The lowest BCUT2D eigenvalue weighted by molar-refractivity contribution is -0.136. The topological polar surface area (TPSA) is 50.2 Å². The Morgan fingerprint density at radius 3 is 2.42 bits per heavy atom. The van der Waals surface area contributed by atoms with Gasteiger partial charge in [0.05, 0.1) is 18.3 Å². The minimum Gasteiger partial charge on any atom is -0.481 e. The second kappa shape index (κ2) is 5.55. The zero-order chi connectivity index (χ0) is 14.0. The van der Waals surface area contributed by atoms with Crippen molar-refractivity contribution in [3.8, 4) is 11.1 Å². The molecule has 2 rings (SSSR count). The second-order valence-electron chi connectivity index (χ2n) is 3.88. The number of carbonyl (C=O) groups is 1.